The number of ether oxygens (including phenoxy) is 1. The first kappa shape index (κ1) is 10.4. The van der Waals surface area contributed by atoms with E-state index >= 15 is 0 Å². The number of benzene rings is 1. The van der Waals surface area contributed by atoms with Crippen molar-refractivity contribution in [2.75, 3.05) is 0 Å². The molecule has 1 aliphatic carbocycles. The van der Waals surface area contributed by atoms with E-state index in [2.05, 4.69) is 0 Å². The molecule has 0 amide bonds. The van der Waals surface area contributed by atoms with Crippen LogP contribution in [-0.2, 0) is 0 Å². The molecule has 0 bridgehead atoms. The Bertz CT molecular complexity index is 453. The smallest absolute Gasteiger partial charge is 0.335 e. The third-order valence-corrected chi connectivity index (χ3v) is 2.22. The van der Waals surface area contributed by atoms with Crippen molar-refractivity contribution in [2.45, 2.75) is 18.9 Å². The molecular weight excluding hydrogens is 214 g/mol. The predicted molar refractivity (Wildman–Crippen MR) is 53.7 cm³/mol. The molecule has 0 aromatic heterocycles. The Balaban J connectivity index is 2.37. The normalized spacial score (nSPS) is 14.5. The predicted octanol–water partition coefficient (Wildman–Crippen LogP) is 1.83. The van der Waals surface area contributed by atoms with Crippen LogP contribution in [0.3, 0.4) is 0 Å². The Kier molecular flexibility index (Phi) is 2.47. The van der Waals surface area contributed by atoms with Crippen LogP contribution in [0, 0.1) is 10.1 Å². The van der Waals surface area contributed by atoms with Crippen LogP contribution in [0.1, 0.15) is 23.2 Å². The molecule has 16 heavy (non-hydrogen) atoms. The number of hydrogen-bond acceptors (Lipinski definition) is 4. The summed E-state index contributed by atoms with van der Waals surface area (Å²) >= 11 is 0. The fraction of sp³-hybridized carbons (Fsp3) is 0.300. The lowest BCUT2D eigenvalue weighted by Crippen LogP contribution is -2.03. The van der Waals surface area contributed by atoms with Gasteiger partial charge in [0.05, 0.1) is 16.6 Å². The Hall–Kier alpha value is -2.11. The number of hydrogen-bond donors (Lipinski definition) is 1. The maximum absolute atomic E-state index is 10.7. The summed E-state index contributed by atoms with van der Waals surface area (Å²) in [5.41, 5.74) is -0.210. The highest BCUT2D eigenvalue weighted by Crippen LogP contribution is 2.34. The second-order valence-corrected chi connectivity index (χ2v) is 3.56. The van der Waals surface area contributed by atoms with Crippen molar-refractivity contribution < 1.29 is 19.6 Å². The third kappa shape index (κ3) is 2.10. The highest BCUT2D eigenvalue weighted by Gasteiger charge is 2.27. The van der Waals surface area contributed by atoms with Gasteiger partial charge < -0.3 is 9.84 Å². The van der Waals surface area contributed by atoms with E-state index in [1.54, 1.807) is 0 Å². The van der Waals surface area contributed by atoms with Crippen LogP contribution in [0.15, 0.2) is 18.2 Å². The van der Waals surface area contributed by atoms with Crippen LogP contribution in [-0.4, -0.2) is 22.1 Å². The SMILES string of the molecule is O=C(O)c1ccc([N+](=O)[O-])c(OC2CC2)c1. The summed E-state index contributed by atoms with van der Waals surface area (Å²) in [5, 5.41) is 19.4. The van der Waals surface area contributed by atoms with E-state index in [4.69, 9.17) is 9.84 Å². The first-order chi connectivity index (χ1) is 7.58. The number of nitrogens with zero attached hydrogens (tertiary/aromatic N) is 1. The summed E-state index contributed by atoms with van der Waals surface area (Å²) in [5.74, 6) is -1.09. The maximum atomic E-state index is 10.7. The number of rotatable bonds is 4. The maximum Gasteiger partial charge on any atom is 0.335 e. The van der Waals surface area contributed by atoms with E-state index in [9.17, 15) is 14.9 Å². The van der Waals surface area contributed by atoms with Gasteiger partial charge in [-0.05, 0) is 18.9 Å². The molecule has 6 heteroatoms. The molecule has 0 spiro atoms. The number of nitro benzene ring substituents is 1. The second kappa shape index (κ2) is 3.80. The van der Waals surface area contributed by atoms with Crippen molar-refractivity contribution >= 4 is 11.7 Å². The van der Waals surface area contributed by atoms with Crippen molar-refractivity contribution in [3.8, 4) is 5.75 Å². The molecule has 0 heterocycles. The van der Waals surface area contributed by atoms with Crippen LogP contribution in [0.2, 0.25) is 0 Å². The zero-order valence-corrected chi connectivity index (χ0v) is 8.25. The van der Waals surface area contributed by atoms with Gasteiger partial charge in [0.2, 0.25) is 0 Å². The molecule has 1 aromatic carbocycles. The van der Waals surface area contributed by atoms with Crippen molar-refractivity contribution in [3.05, 3.63) is 33.9 Å². The molecule has 0 atom stereocenters. The number of aromatic carboxylic acids is 1. The van der Waals surface area contributed by atoms with Crippen molar-refractivity contribution in [1.29, 1.82) is 0 Å². The molecule has 1 aromatic rings. The van der Waals surface area contributed by atoms with E-state index < -0.39 is 10.9 Å². The van der Waals surface area contributed by atoms with E-state index in [1.165, 1.54) is 12.1 Å². The summed E-state index contributed by atoms with van der Waals surface area (Å²) in [7, 11) is 0. The van der Waals surface area contributed by atoms with Gasteiger partial charge in [0.25, 0.3) is 0 Å². The Morgan fingerprint density at radius 1 is 1.50 bits per heavy atom. The summed E-state index contributed by atoms with van der Waals surface area (Å²) < 4.78 is 5.30. The number of carboxylic acids is 1. The summed E-state index contributed by atoms with van der Waals surface area (Å²) in [6.07, 6.45) is 1.70. The van der Waals surface area contributed by atoms with E-state index in [0.29, 0.717) is 0 Å². The highest BCUT2D eigenvalue weighted by atomic mass is 16.6. The van der Waals surface area contributed by atoms with E-state index in [1.807, 2.05) is 0 Å². The van der Waals surface area contributed by atoms with Crippen molar-refractivity contribution in [2.24, 2.45) is 0 Å². The van der Waals surface area contributed by atoms with Crippen molar-refractivity contribution in [3.63, 3.8) is 0 Å². The minimum absolute atomic E-state index is 0.0113. The summed E-state index contributed by atoms with van der Waals surface area (Å²) in [6.45, 7) is 0. The van der Waals surface area contributed by atoms with Gasteiger partial charge in [-0.1, -0.05) is 0 Å². The fourth-order valence-corrected chi connectivity index (χ4v) is 1.26. The summed E-state index contributed by atoms with van der Waals surface area (Å²) in [6, 6.07) is 3.54. The average molecular weight is 223 g/mol. The Morgan fingerprint density at radius 2 is 2.19 bits per heavy atom. The lowest BCUT2D eigenvalue weighted by molar-refractivity contribution is -0.385. The van der Waals surface area contributed by atoms with Gasteiger partial charge in [0, 0.05) is 12.1 Å². The molecule has 0 radical (unpaired) electrons. The van der Waals surface area contributed by atoms with E-state index in [-0.39, 0.29) is 23.1 Å². The van der Waals surface area contributed by atoms with Gasteiger partial charge >= 0.3 is 11.7 Å². The van der Waals surface area contributed by atoms with Gasteiger partial charge in [-0.2, -0.15) is 0 Å². The Morgan fingerprint density at radius 3 is 2.69 bits per heavy atom. The van der Waals surface area contributed by atoms with E-state index in [0.717, 1.165) is 18.9 Å². The molecule has 2 rings (SSSR count). The number of nitro groups is 1. The molecule has 1 fully saturated rings. The van der Waals surface area contributed by atoms with Gasteiger partial charge in [0.15, 0.2) is 5.75 Å². The van der Waals surface area contributed by atoms with Crippen LogP contribution >= 0.6 is 0 Å². The minimum Gasteiger partial charge on any atom is -0.483 e. The van der Waals surface area contributed by atoms with Gasteiger partial charge in [0.1, 0.15) is 0 Å². The molecule has 0 aliphatic heterocycles. The molecule has 1 N–H and O–H groups in total. The first-order valence-electron chi connectivity index (χ1n) is 4.76. The monoisotopic (exact) mass is 223 g/mol. The lowest BCUT2D eigenvalue weighted by atomic mass is 10.2. The standard InChI is InChI=1S/C10H9NO5/c12-10(13)6-1-4-8(11(14)15)9(5-6)16-7-2-3-7/h1,4-5,7H,2-3H2,(H,12,13). The average Bonchev–Trinajstić information content (AvgIpc) is 3.01. The molecule has 84 valence electrons. The third-order valence-electron chi connectivity index (χ3n) is 2.22. The molecule has 1 saturated carbocycles. The number of carboxylic acid groups (broad SMARTS) is 1. The quantitative estimate of drug-likeness (QED) is 0.621. The van der Waals surface area contributed by atoms with Gasteiger partial charge in [-0.15, -0.1) is 0 Å². The first-order valence-corrected chi connectivity index (χ1v) is 4.76. The molecule has 0 unspecified atom stereocenters. The Labute approximate surface area is 90.6 Å². The summed E-state index contributed by atoms with van der Waals surface area (Å²) in [4.78, 5) is 20.8. The minimum atomic E-state index is -1.13. The zero-order chi connectivity index (χ0) is 11.7. The number of carbonyl (C=O) groups is 1. The highest BCUT2D eigenvalue weighted by molar-refractivity contribution is 5.88. The second-order valence-electron chi connectivity index (χ2n) is 3.56. The lowest BCUT2D eigenvalue weighted by Gasteiger charge is -2.05. The molecule has 1 aliphatic rings. The largest absolute Gasteiger partial charge is 0.483 e. The van der Waals surface area contributed by atoms with Gasteiger partial charge in [-0.3, -0.25) is 10.1 Å². The van der Waals surface area contributed by atoms with Crippen LogP contribution in [0.5, 0.6) is 5.75 Å². The fourth-order valence-electron chi connectivity index (χ4n) is 1.26. The molecule has 0 saturated heterocycles. The topological polar surface area (TPSA) is 89.7 Å². The van der Waals surface area contributed by atoms with Crippen LogP contribution < -0.4 is 4.74 Å². The molecule has 6 nitrogen and oxygen atoms in total. The van der Waals surface area contributed by atoms with Gasteiger partial charge in [-0.25, -0.2) is 4.79 Å². The van der Waals surface area contributed by atoms with Crippen molar-refractivity contribution in [1.82, 2.24) is 0 Å². The van der Waals surface area contributed by atoms with Crippen LogP contribution in [0.4, 0.5) is 5.69 Å². The zero-order valence-electron chi connectivity index (χ0n) is 8.25. The van der Waals surface area contributed by atoms with Crippen LogP contribution in [0.25, 0.3) is 0 Å². The molecular formula is C10H9NO5.